The van der Waals surface area contributed by atoms with E-state index in [-0.39, 0.29) is 12.6 Å². The minimum absolute atomic E-state index is 0.173. The number of aliphatic hydroxyl groups is 1. The molecule has 1 atom stereocenters. The van der Waals surface area contributed by atoms with Gasteiger partial charge in [0.15, 0.2) is 0 Å². The summed E-state index contributed by atoms with van der Waals surface area (Å²) in [6.07, 6.45) is 3.27. The Labute approximate surface area is 111 Å². The SMILES string of the molecule is CC(C)(C)CCCNC(CO)Cc1ccccc1. The minimum atomic E-state index is 0.173. The van der Waals surface area contributed by atoms with E-state index in [2.05, 4.69) is 38.2 Å². The van der Waals surface area contributed by atoms with Crippen LogP contribution < -0.4 is 5.32 Å². The Morgan fingerprint density at radius 1 is 1.17 bits per heavy atom. The highest BCUT2D eigenvalue weighted by Gasteiger charge is 2.11. The van der Waals surface area contributed by atoms with Gasteiger partial charge in [0.2, 0.25) is 0 Å². The van der Waals surface area contributed by atoms with Crippen molar-refractivity contribution in [2.24, 2.45) is 5.41 Å². The van der Waals surface area contributed by atoms with Crippen molar-refractivity contribution in [2.45, 2.75) is 46.1 Å². The van der Waals surface area contributed by atoms with Crippen LogP contribution >= 0.6 is 0 Å². The summed E-state index contributed by atoms with van der Waals surface area (Å²) in [6.45, 7) is 7.97. The monoisotopic (exact) mass is 249 g/mol. The third-order valence-electron chi connectivity index (χ3n) is 3.08. The largest absolute Gasteiger partial charge is 0.395 e. The summed E-state index contributed by atoms with van der Waals surface area (Å²) in [6, 6.07) is 10.5. The molecule has 0 amide bonds. The zero-order valence-electron chi connectivity index (χ0n) is 11.9. The van der Waals surface area contributed by atoms with E-state index >= 15 is 0 Å². The molecule has 0 aliphatic heterocycles. The van der Waals surface area contributed by atoms with E-state index < -0.39 is 0 Å². The minimum Gasteiger partial charge on any atom is -0.395 e. The Morgan fingerprint density at radius 3 is 2.39 bits per heavy atom. The third-order valence-corrected chi connectivity index (χ3v) is 3.08. The second kappa shape index (κ2) is 7.55. The molecule has 0 fully saturated rings. The lowest BCUT2D eigenvalue weighted by molar-refractivity contribution is 0.239. The predicted octanol–water partition coefficient (Wildman–Crippen LogP) is 3.01. The quantitative estimate of drug-likeness (QED) is 0.728. The smallest absolute Gasteiger partial charge is 0.0587 e. The van der Waals surface area contributed by atoms with E-state index in [9.17, 15) is 5.11 Å². The zero-order chi connectivity index (χ0) is 13.4. The standard InChI is InChI=1S/C16H27NO/c1-16(2,3)10-7-11-17-15(13-18)12-14-8-5-4-6-9-14/h4-6,8-9,15,17-18H,7,10-13H2,1-3H3. The average Bonchev–Trinajstić information content (AvgIpc) is 2.33. The molecule has 102 valence electrons. The van der Waals surface area contributed by atoms with Crippen molar-refractivity contribution in [3.63, 3.8) is 0 Å². The first-order valence-corrected chi connectivity index (χ1v) is 6.89. The molecule has 0 spiro atoms. The van der Waals surface area contributed by atoms with Crippen LogP contribution in [-0.4, -0.2) is 24.3 Å². The lowest BCUT2D eigenvalue weighted by Gasteiger charge is -2.20. The molecular formula is C16H27NO. The van der Waals surface area contributed by atoms with Crippen molar-refractivity contribution in [2.75, 3.05) is 13.2 Å². The molecule has 0 bridgehead atoms. The Kier molecular flexibility index (Phi) is 6.37. The highest BCUT2D eigenvalue weighted by atomic mass is 16.3. The van der Waals surface area contributed by atoms with Gasteiger partial charge in [0, 0.05) is 6.04 Å². The second-order valence-corrected chi connectivity index (χ2v) is 6.19. The van der Waals surface area contributed by atoms with Gasteiger partial charge in [-0.25, -0.2) is 0 Å². The van der Waals surface area contributed by atoms with Crippen LogP contribution in [0.15, 0.2) is 30.3 Å². The molecule has 0 aliphatic carbocycles. The van der Waals surface area contributed by atoms with Crippen LogP contribution in [0.5, 0.6) is 0 Å². The summed E-state index contributed by atoms with van der Waals surface area (Å²) in [5, 5.41) is 12.8. The van der Waals surface area contributed by atoms with Gasteiger partial charge in [-0.2, -0.15) is 0 Å². The molecule has 0 aromatic heterocycles. The topological polar surface area (TPSA) is 32.3 Å². The van der Waals surface area contributed by atoms with Crippen LogP contribution in [0.4, 0.5) is 0 Å². The molecule has 1 aromatic carbocycles. The van der Waals surface area contributed by atoms with E-state index in [1.807, 2.05) is 18.2 Å². The Hall–Kier alpha value is -0.860. The van der Waals surface area contributed by atoms with Gasteiger partial charge in [-0.05, 0) is 36.8 Å². The molecule has 2 heteroatoms. The van der Waals surface area contributed by atoms with Crippen molar-refractivity contribution < 1.29 is 5.11 Å². The van der Waals surface area contributed by atoms with Crippen molar-refractivity contribution >= 4 is 0 Å². The van der Waals surface area contributed by atoms with E-state index in [0.717, 1.165) is 19.4 Å². The van der Waals surface area contributed by atoms with Crippen LogP contribution in [-0.2, 0) is 6.42 Å². The first kappa shape index (κ1) is 15.2. The number of benzene rings is 1. The first-order valence-electron chi connectivity index (χ1n) is 6.89. The maximum atomic E-state index is 9.38. The lowest BCUT2D eigenvalue weighted by Crippen LogP contribution is -2.35. The number of hydrogen-bond acceptors (Lipinski definition) is 2. The number of nitrogens with one attached hydrogen (secondary N) is 1. The van der Waals surface area contributed by atoms with Crippen LogP contribution in [0.2, 0.25) is 0 Å². The Balaban J connectivity index is 2.26. The molecule has 0 aliphatic rings. The predicted molar refractivity (Wildman–Crippen MR) is 77.7 cm³/mol. The molecule has 2 N–H and O–H groups in total. The Morgan fingerprint density at radius 2 is 1.83 bits per heavy atom. The fourth-order valence-electron chi connectivity index (χ4n) is 2.02. The van der Waals surface area contributed by atoms with E-state index in [0.29, 0.717) is 5.41 Å². The molecule has 18 heavy (non-hydrogen) atoms. The van der Waals surface area contributed by atoms with Crippen molar-refractivity contribution in [1.82, 2.24) is 5.32 Å². The highest BCUT2D eigenvalue weighted by molar-refractivity contribution is 5.15. The molecule has 0 radical (unpaired) electrons. The van der Waals surface area contributed by atoms with Gasteiger partial charge < -0.3 is 10.4 Å². The zero-order valence-corrected chi connectivity index (χ0v) is 11.9. The summed E-state index contributed by atoms with van der Waals surface area (Å²) in [4.78, 5) is 0. The van der Waals surface area contributed by atoms with E-state index in [1.165, 1.54) is 12.0 Å². The molecule has 1 aromatic rings. The fraction of sp³-hybridized carbons (Fsp3) is 0.625. The third kappa shape index (κ3) is 6.77. The van der Waals surface area contributed by atoms with Crippen molar-refractivity contribution in [3.8, 4) is 0 Å². The van der Waals surface area contributed by atoms with Crippen molar-refractivity contribution in [3.05, 3.63) is 35.9 Å². The van der Waals surface area contributed by atoms with Gasteiger partial charge in [0.05, 0.1) is 6.61 Å². The second-order valence-electron chi connectivity index (χ2n) is 6.19. The Bertz CT molecular complexity index is 316. The van der Waals surface area contributed by atoms with Gasteiger partial charge >= 0.3 is 0 Å². The summed E-state index contributed by atoms with van der Waals surface area (Å²) in [5.41, 5.74) is 1.68. The normalized spacial score (nSPS) is 13.6. The fourth-order valence-corrected chi connectivity index (χ4v) is 2.02. The van der Waals surface area contributed by atoms with Gasteiger partial charge in [0.25, 0.3) is 0 Å². The van der Waals surface area contributed by atoms with Crippen molar-refractivity contribution in [1.29, 1.82) is 0 Å². The molecule has 2 nitrogen and oxygen atoms in total. The molecule has 0 saturated carbocycles. The van der Waals surface area contributed by atoms with Crippen LogP contribution in [0.1, 0.15) is 39.2 Å². The van der Waals surface area contributed by atoms with Gasteiger partial charge in [-0.3, -0.25) is 0 Å². The van der Waals surface area contributed by atoms with Gasteiger partial charge in [0.1, 0.15) is 0 Å². The van der Waals surface area contributed by atoms with Gasteiger partial charge in [-0.15, -0.1) is 0 Å². The highest BCUT2D eigenvalue weighted by Crippen LogP contribution is 2.19. The van der Waals surface area contributed by atoms with E-state index in [1.54, 1.807) is 0 Å². The molecule has 1 rings (SSSR count). The average molecular weight is 249 g/mol. The summed E-state index contributed by atoms with van der Waals surface area (Å²) in [7, 11) is 0. The lowest BCUT2D eigenvalue weighted by atomic mass is 9.90. The number of hydrogen-bond donors (Lipinski definition) is 2. The molecule has 0 saturated heterocycles. The first-order chi connectivity index (χ1) is 8.51. The summed E-state index contributed by atoms with van der Waals surface area (Å²) in [5.74, 6) is 0. The molecule has 0 heterocycles. The maximum Gasteiger partial charge on any atom is 0.0587 e. The van der Waals surface area contributed by atoms with Crippen LogP contribution in [0.25, 0.3) is 0 Å². The number of rotatable bonds is 7. The van der Waals surface area contributed by atoms with Crippen LogP contribution in [0, 0.1) is 5.41 Å². The molecule has 1 unspecified atom stereocenters. The maximum absolute atomic E-state index is 9.38. The summed E-state index contributed by atoms with van der Waals surface area (Å²) < 4.78 is 0. The summed E-state index contributed by atoms with van der Waals surface area (Å²) >= 11 is 0. The number of aliphatic hydroxyl groups excluding tert-OH is 1. The molecular weight excluding hydrogens is 222 g/mol. The van der Waals surface area contributed by atoms with E-state index in [4.69, 9.17) is 0 Å². The van der Waals surface area contributed by atoms with Gasteiger partial charge in [-0.1, -0.05) is 51.1 Å². The van der Waals surface area contributed by atoms with Crippen LogP contribution in [0.3, 0.4) is 0 Å².